The first-order valence-electron chi connectivity index (χ1n) is 5.42. The summed E-state index contributed by atoms with van der Waals surface area (Å²) in [5, 5.41) is 0. The molecular formula is C12H17NO2. The van der Waals surface area contributed by atoms with E-state index in [1.165, 1.54) is 5.56 Å². The van der Waals surface area contributed by atoms with Gasteiger partial charge in [0.25, 0.3) is 0 Å². The minimum atomic E-state index is 0.291. The zero-order valence-electron chi connectivity index (χ0n) is 9.03. The second-order valence-corrected chi connectivity index (χ2v) is 3.89. The normalized spacial score (nSPS) is 18.4. The number of benzene rings is 1. The lowest BCUT2D eigenvalue weighted by Crippen LogP contribution is -2.06. The summed E-state index contributed by atoms with van der Waals surface area (Å²) in [7, 11) is 0. The highest BCUT2D eigenvalue weighted by Gasteiger charge is 2.18. The SMILES string of the molecule is CC1Cc2cc(OCCCN)ccc2O1. The molecule has 1 aromatic carbocycles. The number of fused-ring (bicyclic) bond motifs is 1. The van der Waals surface area contributed by atoms with Gasteiger partial charge in [0.05, 0.1) is 6.61 Å². The highest BCUT2D eigenvalue weighted by atomic mass is 16.5. The van der Waals surface area contributed by atoms with Crippen LogP contribution in [0.1, 0.15) is 18.9 Å². The third-order valence-electron chi connectivity index (χ3n) is 2.48. The summed E-state index contributed by atoms with van der Waals surface area (Å²) in [4.78, 5) is 0. The Hall–Kier alpha value is -1.22. The number of hydrogen-bond acceptors (Lipinski definition) is 3. The maximum atomic E-state index is 5.61. The molecule has 0 saturated carbocycles. The average molecular weight is 207 g/mol. The molecule has 0 saturated heterocycles. The molecule has 0 radical (unpaired) electrons. The highest BCUT2D eigenvalue weighted by molar-refractivity contribution is 5.43. The van der Waals surface area contributed by atoms with Crippen LogP contribution in [-0.2, 0) is 6.42 Å². The quantitative estimate of drug-likeness (QED) is 0.765. The first-order valence-corrected chi connectivity index (χ1v) is 5.42. The fourth-order valence-electron chi connectivity index (χ4n) is 1.76. The van der Waals surface area contributed by atoms with E-state index in [0.717, 1.165) is 24.3 Å². The molecular weight excluding hydrogens is 190 g/mol. The molecule has 3 nitrogen and oxygen atoms in total. The second kappa shape index (κ2) is 4.53. The van der Waals surface area contributed by atoms with E-state index in [0.29, 0.717) is 19.3 Å². The van der Waals surface area contributed by atoms with Crippen LogP contribution in [0.2, 0.25) is 0 Å². The molecule has 0 aromatic heterocycles. The molecule has 0 spiro atoms. The van der Waals surface area contributed by atoms with Gasteiger partial charge in [-0.3, -0.25) is 0 Å². The molecule has 1 aliphatic heterocycles. The van der Waals surface area contributed by atoms with Crippen molar-refractivity contribution in [3.05, 3.63) is 23.8 Å². The van der Waals surface area contributed by atoms with Gasteiger partial charge in [-0.15, -0.1) is 0 Å². The van der Waals surface area contributed by atoms with Gasteiger partial charge in [-0.2, -0.15) is 0 Å². The largest absolute Gasteiger partial charge is 0.494 e. The van der Waals surface area contributed by atoms with Gasteiger partial charge < -0.3 is 15.2 Å². The molecule has 1 atom stereocenters. The van der Waals surface area contributed by atoms with E-state index in [1.54, 1.807) is 0 Å². The minimum Gasteiger partial charge on any atom is -0.494 e. The van der Waals surface area contributed by atoms with Crippen molar-refractivity contribution in [1.29, 1.82) is 0 Å². The predicted octanol–water partition coefficient (Wildman–Crippen LogP) is 1.74. The zero-order valence-corrected chi connectivity index (χ0v) is 9.03. The highest BCUT2D eigenvalue weighted by Crippen LogP contribution is 2.31. The summed E-state index contributed by atoms with van der Waals surface area (Å²) in [6.45, 7) is 3.44. The van der Waals surface area contributed by atoms with Crippen LogP contribution in [0.25, 0.3) is 0 Å². The van der Waals surface area contributed by atoms with E-state index in [1.807, 2.05) is 12.1 Å². The van der Waals surface area contributed by atoms with Gasteiger partial charge >= 0.3 is 0 Å². The zero-order chi connectivity index (χ0) is 10.7. The Morgan fingerprint density at radius 1 is 1.53 bits per heavy atom. The van der Waals surface area contributed by atoms with Crippen LogP contribution in [0.3, 0.4) is 0 Å². The van der Waals surface area contributed by atoms with Crippen LogP contribution in [-0.4, -0.2) is 19.3 Å². The maximum absolute atomic E-state index is 5.61. The molecule has 0 amide bonds. The van der Waals surface area contributed by atoms with E-state index < -0.39 is 0 Å². The van der Waals surface area contributed by atoms with Crippen molar-refractivity contribution in [2.75, 3.05) is 13.2 Å². The lowest BCUT2D eigenvalue weighted by atomic mass is 10.1. The second-order valence-electron chi connectivity index (χ2n) is 3.89. The smallest absolute Gasteiger partial charge is 0.123 e. The molecule has 0 aliphatic carbocycles. The average Bonchev–Trinajstić information content (AvgIpc) is 2.57. The van der Waals surface area contributed by atoms with Crippen molar-refractivity contribution < 1.29 is 9.47 Å². The van der Waals surface area contributed by atoms with E-state index in [-0.39, 0.29) is 0 Å². The number of hydrogen-bond donors (Lipinski definition) is 1. The van der Waals surface area contributed by atoms with Gasteiger partial charge in [0.15, 0.2) is 0 Å². The summed E-state index contributed by atoms with van der Waals surface area (Å²) < 4.78 is 11.2. The van der Waals surface area contributed by atoms with Crippen LogP contribution in [0.5, 0.6) is 11.5 Å². The monoisotopic (exact) mass is 207 g/mol. The molecule has 15 heavy (non-hydrogen) atoms. The molecule has 1 aliphatic rings. The predicted molar refractivity (Wildman–Crippen MR) is 59.4 cm³/mol. The van der Waals surface area contributed by atoms with Crippen molar-refractivity contribution in [2.45, 2.75) is 25.9 Å². The van der Waals surface area contributed by atoms with Crippen LogP contribution < -0.4 is 15.2 Å². The minimum absolute atomic E-state index is 0.291. The first-order chi connectivity index (χ1) is 7.29. The van der Waals surface area contributed by atoms with Crippen LogP contribution in [0, 0.1) is 0 Å². The molecule has 1 aromatic rings. The van der Waals surface area contributed by atoms with Crippen LogP contribution >= 0.6 is 0 Å². The van der Waals surface area contributed by atoms with Crippen molar-refractivity contribution in [3.63, 3.8) is 0 Å². The molecule has 82 valence electrons. The fraction of sp³-hybridized carbons (Fsp3) is 0.500. The first kappa shape index (κ1) is 10.3. The van der Waals surface area contributed by atoms with Crippen LogP contribution in [0.15, 0.2) is 18.2 Å². The lowest BCUT2D eigenvalue weighted by Gasteiger charge is -2.06. The fourth-order valence-corrected chi connectivity index (χ4v) is 1.76. The van der Waals surface area contributed by atoms with Gasteiger partial charge in [-0.05, 0) is 38.1 Å². The Labute approximate surface area is 90.2 Å². The molecule has 3 heteroatoms. The van der Waals surface area contributed by atoms with Gasteiger partial charge in [0.1, 0.15) is 17.6 Å². The Bertz CT molecular complexity index is 338. The van der Waals surface area contributed by atoms with Crippen LogP contribution in [0.4, 0.5) is 0 Å². The van der Waals surface area contributed by atoms with Gasteiger partial charge in [-0.25, -0.2) is 0 Å². The van der Waals surface area contributed by atoms with Crippen molar-refractivity contribution in [2.24, 2.45) is 5.73 Å². The van der Waals surface area contributed by atoms with E-state index in [4.69, 9.17) is 15.2 Å². The van der Waals surface area contributed by atoms with Crippen molar-refractivity contribution in [3.8, 4) is 11.5 Å². The summed E-state index contributed by atoms with van der Waals surface area (Å²) in [5.41, 5.74) is 6.64. The molecule has 0 fully saturated rings. The summed E-state index contributed by atoms with van der Waals surface area (Å²) in [6, 6.07) is 6.00. The standard InChI is InChI=1S/C12H17NO2/c1-9-7-10-8-11(14-6-2-5-13)3-4-12(10)15-9/h3-4,8-9H,2,5-7,13H2,1H3. The van der Waals surface area contributed by atoms with Gasteiger partial charge in [0.2, 0.25) is 0 Å². The number of rotatable bonds is 4. The summed E-state index contributed by atoms with van der Waals surface area (Å²) >= 11 is 0. The summed E-state index contributed by atoms with van der Waals surface area (Å²) in [6.07, 6.45) is 2.16. The molecule has 2 rings (SSSR count). The number of nitrogens with two attached hydrogens (primary N) is 1. The van der Waals surface area contributed by atoms with Gasteiger partial charge in [0, 0.05) is 12.0 Å². The lowest BCUT2D eigenvalue weighted by molar-refractivity contribution is 0.254. The molecule has 1 unspecified atom stereocenters. The van der Waals surface area contributed by atoms with Gasteiger partial charge in [-0.1, -0.05) is 0 Å². The van der Waals surface area contributed by atoms with Crippen molar-refractivity contribution >= 4 is 0 Å². The molecule has 2 N–H and O–H groups in total. The Kier molecular flexibility index (Phi) is 3.11. The Balaban J connectivity index is 2.00. The van der Waals surface area contributed by atoms with E-state index >= 15 is 0 Å². The molecule has 0 bridgehead atoms. The Morgan fingerprint density at radius 3 is 3.20 bits per heavy atom. The number of ether oxygens (including phenoxy) is 2. The third kappa shape index (κ3) is 2.42. The van der Waals surface area contributed by atoms with E-state index in [9.17, 15) is 0 Å². The van der Waals surface area contributed by atoms with Crippen molar-refractivity contribution in [1.82, 2.24) is 0 Å². The molecule has 1 heterocycles. The van der Waals surface area contributed by atoms with E-state index in [2.05, 4.69) is 13.0 Å². The Morgan fingerprint density at radius 2 is 2.40 bits per heavy atom. The summed E-state index contributed by atoms with van der Waals surface area (Å²) in [5.74, 6) is 1.91. The third-order valence-corrected chi connectivity index (χ3v) is 2.48. The topological polar surface area (TPSA) is 44.5 Å². The maximum Gasteiger partial charge on any atom is 0.123 e.